The van der Waals surface area contributed by atoms with Gasteiger partial charge in [-0.15, -0.1) is 0 Å². The van der Waals surface area contributed by atoms with Gasteiger partial charge in [-0.25, -0.2) is 13.6 Å². The Morgan fingerprint density at radius 3 is 2.74 bits per heavy atom. The quantitative estimate of drug-likeness (QED) is 0.837. The molecule has 0 atom stereocenters. The van der Waals surface area contributed by atoms with Gasteiger partial charge in [-0.05, 0) is 11.5 Å². The first kappa shape index (κ1) is 13.4. The van der Waals surface area contributed by atoms with Crippen LogP contribution in [0.2, 0.25) is 0 Å². The molecule has 1 amide bonds. The number of nitrogens with two attached hydrogens (primary N) is 1. The molecule has 0 fully saturated rings. The highest BCUT2D eigenvalue weighted by Gasteiger charge is 2.11. The van der Waals surface area contributed by atoms with E-state index in [2.05, 4.69) is 10.3 Å². The van der Waals surface area contributed by atoms with Crippen molar-refractivity contribution in [2.75, 3.05) is 12.3 Å². The van der Waals surface area contributed by atoms with Crippen molar-refractivity contribution in [2.24, 2.45) is 5.14 Å². The lowest BCUT2D eigenvalue weighted by Crippen LogP contribution is -2.32. The van der Waals surface area contributed by atoms with Gasteiger partial charge in [-0.3, -0.25) is 9.78 Å². The summed E-state index contributed by atoms with van der Waals surface area (Å²) < 4.78 is 21.5. The van der Waals surface area contributed by atoms with E-state index in [9.17, 15) is 13.2 Å². The first-order chi connectivity index (χ1) is 8.97. The minimum atomic E-state index is -3.58. The third-order valence-electron chi connectivity index (χ3n) is 2.56. The van der Waals surface area contributed by atoms with Crippen molar-refractivity contribution in [1.82, 2.24) is 10.3 Å². The normalized spacial score (nSPS) is 11.4. The molecule has 0 aliphatic heterocycles. The third-order valence-corrected chi connectivity index (χ3v) is 3.33. The zero-order valence-corrected chi connectivity index (χ0v) is 10.9. The molecule has 19 heavy (non-hydrogen) atoms. The summed E-state index contributed by atoms with van der Waals surface area (Å²) in [4.78, 5) is 16.0. The Hall–Kier alpha value is -1.99. The van der Waals surface area contributed by atoms with Gasteiger partial charge in [-0.1, -0.05) is 24.3 Å². The number of amides is 1. The molecule has 0 bridgehead atoms. The number of fused-ring (bicyclic) bond motifs is 1. The Morgan fingerprint density at radius 1 is 1.26 bits per heavy atom. The van der Waals surface area contributed by atoms with Gasteiger partial charge < -0.3 is 5.32 Å². The zero-order chi connectivity index (χ0) is 13.9. The molecule has 100 valence electrons. The van der Waals surface area contributed by atoms with Gasteiger partial charge in [0, 0.05) is 18.1 Å². The second-order valence-electron chi connectivity index (χ2n) is 4.00. The molecule has 1 aromatic heterocycles. The number of carbonyl (C=O) groups excluding carboxylic acids is 1. The molecule has 0 saturated carbocycles. The monoisotopic (exact) mass is 279 g/mol. The molecule has 1 heterocycles. The molecule has 2 rings (SSSR count). The van der Waals surface area contributed by atoms with Gasteiger partial charge in [-0.2, -0.15) is 0 Å². The Kier molecular flexibility index (Phi) is 3.77. The number of primary sulfonamides is 1. The second-order valence-corrected chi connectivity index (χ2v) is 5.74. The lowest BCUT2D eigenvalue weighted by atomic mass is 10.1. The number of nitrogens with zero attached hydrogens (tertiary/aromatic N) is 1. The molecular formula is C12H13N3O3S. The zero-order valence-electron chi connectivity index (χ0n) is 10.0. The SMILES string of the molecule is NS(=O)(=O)CCNC(=O)c1nccc2ccccc12. The van der Waals surface area contributed by atoms with Crippen molar-refractivity contribution >= 4 is 26.7 Å². The van der Waals surface area contributed by atoms with E-state index in [1.165, 1.54) is 6.20 Å². The summed E-state index contributed by atoms with van der Waals surface area (Å²) in [5.41, 5.74) is 0.271. The molecule has 0 spiro atoms. The number of rotatable bonds is 4. The van der Waals surface area contributed by atoms with Crippen LogP contribution in [0.25, 0.3) is 10.8 Å². The smallest absolute Gasteiger partial charge is 0.270 e. The number of sulfonamides is 1. The summed E-state index contributed by atoms with van der Waals surface area (Å²) in [5, 5.41) is 8.96. The topological polar surface area (TPSA) is 102 Å². The van der Waals surface area contributed by atoms with Crippen LogP contribution in [0.15, 0.2) is 36.5 Å². The predicted molar refractivity (Wildman–Crippen MR) is 72.1 cm³/mol. The molecule has 0 aliphatic rings. The second kappa shape index (κ2) is 5.33. The van der Waals surface area contributed by atoms with Crippen molar-refractivity contribution in [3.05, 3.63) is 42.2 Å². The van der Waals surface area contributed by atoms with Crippen LogP contribution >= 0.6 is 0 Å². The third kappa shape index (κ3) is 3.49. The van der Waals surface area contributed by atoms with E-state index in [4.69, 9.17) is 5.14 Å². The Bertz CT molecular complexity index is 708. The summed E-state index contributed by atoms with van der Waals surface area (Å²) in [6.07, 6.45) is 1.54. The summed E-state index contributed by atoms with van der Waals surface area (Å²) in [5.74, 6) is -0.718. The van der Waals surface area contributed by atoms with Gasteiger partial charge >= 0.3 is 0 Å². The molecule has 0 aliphatic carbocycles. The maximum atomic E-state index is 11.9. The van der Waals surface area contributed by atoms with Crippen molar-refractivity contribution in [3.8, 4) is 0 Å². The van der Waals surface area contributed by atoms with E-state index in [1.807, 2.05) is 18.2 Å². The molecule has 0 saturated heterocycles. The summed E-state index contributed by atoms with van der Waals surface area (Å²) in [6, 6.07) is 9.14. The first-order valence-corrected chi connectivity index (χ1v) is 7.31. The largest absolute Gasteiger partial charge is 0.350 e. The van der Waals surface area contributed by atoms with E-state index >= 15 is 0 Å². The lowest BCUT2D eigenvalue weighted by molar-refractivity contribution is 0.0953. The standard InChI is InChI=1S/C12H13N3O3S/c13-19(17,18)8-7-15-12(16)11-10-4-2-1-3-9(10)5-6-14-11/h1-6H,7-8H2,(H,15,16)(H2,13,17,18). The fourth-order valence-electron chi connectivity index (χ4n) is 1.69. The summed E-state index contributed by atoms with van der Waals surface area (Å²) in [7, 11) is -3.58. The molecular weight excluding hydrogens is 266 g/mol. The molecule has 2 aromatic rings. The van der Waals surface area contributed by atoms with E-state index < -0.39 is 15.9 Å². The molecule has 0 unspecified atom stereocenters. The Balaban J connectivity index is 2.18. The van der Waals surface area contributed by atoms with Gasteiger partial charge in [0.1, 0.15) is 5.69 Å². The number of pyridine rings is 1. The van der Waals surface area contributed by atoms with Crippen LogP contribution in [-0.2, 0) is 10.0 Å². The highest BCUT2D eigenvalue weighted by Crippen LogP contribution is 2.15. The number of aromatic nitrogens is 1. The molecule has 7 heteroatoms. The summed E-state index contributed by atoms with van der Waals surface area (Å²) in [6.45, 7) is -0.0391. The van der Waals surface area contributed by atoms with Gasteiger partial charge in [0.25, 0.3) is 5.91 Å². The fraction of sp³-hybridized carbons (Fsp3) is 0.167. The minimum Gasteiger partial charge on any atom is -0.350 e. The number of nitrogens with one attached hydrogen (secondary N) is 1. The van der Waals surface area contributed by atoms with Crippen molar-refractivity contribution in [1.29, 1.82) is 0 Å². The number of hydrogen-bond donors (Lipinski definition) is 2. The van der Waals surface area contributed by atoms with Crippen molar-refractivity contribution in [3.63, 3.8) is 0 Å². The molecule has 3 N–H and O–H groups in total. The highest BCUT2D eigenvalue weighted by molar-refractivity contribution is 7.89. The van der Waals surface area contributed by atoms with Crippen LogP contribution in [0.5, 0.6) is 0 Å². The fourth-order valence-corrected chi connectivity index (χ4v) is 2.08. The first-order valence-electron chi connectivity index (χ1n) is 5.60. The van der Waals surface area contributed by atoms with Crippen molar-refractivity contribution < 1.29 is 13.2 Å². The van der Waals surface area contributed by atoms with E-state index in [-0.39, 0.29) is 18.0 Å². The average Bonchev–Trinajstić information content (AvgIpc) is 2.36. The summed E-state index contributed by atoms with van der Waals surface area (Å²) >= 11 is 0. The van der Waals surface area contributed by atoms with Crippen LogP contribution < -0.4 is 10.5 Å². The van der Waals surface area contributed by atoms with Crippen LogP contribution in [0.3, 0.4) is 0 Å². The molecule has 6 nitrogen and oxygen atoms in total. The minimum absolute atomic E-state index is 0.0391. The van der Waals surface area contributed by atoms with Crippen LogP contribution in [0.1, 0.15) is 10.5 Å². The highest BCUT2D eigenvalue weighted by atomic mass is 32.2. The maximum absolute atomic E-state index is 11.9. The van der Waals surface area contributed by atoms with Gasteiger partial charge in [0.2, 0.25) is 10.0 Å². The maximum Gasteiger partial charge on any atom is 0.270 e. The van der Waals surface area contributed by atoms with Crippen LogP contribution in [0, 0.1) is 0 Å². The van der Waals surface area contributed by atoms with Gasteiger partial charge in [0.15, 0.2) is 0 Å². The number of hydrogen-bond acceptors (Lipinski definition) is 4. The molecule has 0 radical (unpaired) electrons. The number of carbonyl (C=O) groups is 1. The predicted octanol–water partition coefficient (Wildman–Crippen LogP) is 0.253. The van der Waals surface area contributed by atoms with Gasteiger partial charge in [0.05, 0.1) is 5.75 Å². The average molecular weight is 279 g/mol. The van der Waals surface area contributed by atoms with E-state index in [1.54, 1.807) is 12.1 Å². The Labute approximate surface area is 110 Å². The van der Waals surface area contributed by atoms with Crippen molar-refractivity contribution in [2.45, 2.75) is 0 Å². The number of benzene rings is 1. The van der Waals surface area contributed by atoms with E-state index in [0.717, 1.165) is 10.8 Å². The van der Waals surface area contributed by atoms with Crippen LogP contribution in [-0.4, -0.2) is 31.6 Å². The lowest BCUT2D eigenvalue weighted by Gasteiger charge is -2.06. The Morgan fingerprint density at radius 2 is 2.00 bits per heavy atom. The molecule has 1 aromatic carbocycles. The van der Waals surface area contributed by atoms with Crippen LogP contribution in [0.4, 0.5) is 0 Å². The van der Waals surface area contributed by atoms with E-state index in [0.29, 0.717) is 0 Å².